The SMILES string of the molecule is CN(CC=CC(=O)O)C(=O)OC(C)(C)C. The second kappa shape index (κ2) is 5.38. The standard InChI is InChI=1S/C10H17NO4/c1-10(2,3)15-9(14)11(4)7-5-6-8(12)13/h5-6H,7H2,1-4H3,(H,12,13). The molecule has 15 heavy (non-hydrogen) atoms. The van der Waals surface area contributed by atoms with Crippen molar-refractivity contribution in [2.75, 3.05) is 13.6 Å². The molecule has 0 heterocycles. The van der Waals surface area contributed by atoms with Crippen LogP contribution in [0.25, 0.3) is 0 Å². The van der Waals surface area contributed by atoms with Gasteiger partial charge in [-0.1, -0.05) is 6.08 Å². The molecule has 0 aromatic carbocycles. The summed E-state index contributed by atoms with van der Waals surface area (Å²) in [5.41, 5.74) is -0.540. The molecule has 5 nitrogen and oxygen atoms in total. The van der Waals surface area contributed by atoms with Gasteiger partial charge in [-0.15, -0.1) is 0 Å². The Bertz CT molecular complexity index is 265. The van der Waals surface area contributed by atoms with Crippen molar-refractivity contribution in [2.45, 2.75) is 26.4 Å². The molecule has 1 amide bonds. The number of carbonyl (C=O) groups is 2. The Balaban J connectivity index is 4.06. The van der Waals surface area contributed by atoms with E-state index in [9.17, 15) is 9.59 Å². The minimum Gasteiger partial charge on any atom is -0.478 e. The third kappa shape index (κ3) is 7.54. The van der Waals surface area contributed by atoms with Crippen molar-refractivity contribution in [3.8, 4) is 0 Å². The Labute approximate surface area is 89.3 Å². The van der Waals surface area contributed by atoms with Gasteiger partial charge in [0.05, 0.1) is 0 Å². The number of hydrogen-bond acceptors (Lipinski definition) is 3. The van der Waals surface area contributed by atoms with Crippen molar-refractivity contribution in [3.05, 3.63) is 12.2 Å². The number of rotatable bonds is 3. The van der Waals surface area contributed by atoms with Gasteiger partial charge in [0.2, 0.25) is 0 Å². The fourth-order valence-corrected chi connectivity index (χ4v) is 0.726. The summed E-state index contributed by atoms with van der Waals surface area (Å²) in [5.74, 6) is -1.03. The number of likely N-dealkylation sites (N-methyl/N-ethyl adjacent to an activating group) is 1. The second-order valence-electron chi connectivity index (χ2n) is 4.10. The summed E-state index contributed by atoms with van der Waals surface area (Å²) in [7, 11) is 1.54. The fourth-order valence-electron chi connectivity index (χ4n) is 0.726. The van der Waals surface area contributed by atoms with E-state index in [4.69, 9.17) is 9.84 Å². The second-order valence-corrected chi connectivity index (χ2v) is 4.10. The zero-order valence-corrected chi connectivity index (χ0v) is 9.48. The first-order valence-corrected chi connectivity index (χ1v) is 4.56. The van der Waals surface area contributed by atoms with Crippen LogP contribution in [0.2, 0.25) is 0 Å². The van der Waals surface area contributed by atoms with Crippen LogP contribution in [0.15, 0.2) is 12.2 Å². The van der Waals surface area contributed by atoms with Crippen molar-refractivity contribution in [1.29, 1.82) is 0 Å². The number of hydrogen-bond donors (Lipinski definition) is 1. The molecular weight excluding hydrogens is 198 g/mol. The predicted octanol–water partition coefficient (Wildman–Crippen LogP) is 1.49. The molecule has 0 spiro atoms. The number of amides is 1. The maximum absolute atomic E-state index is 11.4. The summed E-state index contributed by atoms with van der Waals surface area (Å²) in [6.45, 7) is 5.52. The highest BCUT2D eigenvalue weighted by molar-refractivity contribution is 5.79. The van der Waals surface area contributed by atoms with E-state index in [-0.39, 0.29) is 6.54 Å². The Hall–Kier alpha value is -1.52. The van der Waals surface area contributed by atoms with Crippen LogP contribution in [0.5, 0.6) is 0 Å². The van der Waals surface area contributed by atoms with Gasteiger partial charge < -0.3 is 14.7 Å². The predicted molar refractivity (Wildman–Crippen MR) is 55.6 cm³/mol. The highest BCUT2D eigenvalue weighted by Crippen LogP contribution is 2.08. The van der Waals surface area contributed by atoms with E-state index in [0.29, 0.717) is 0 Å². The zero-order chi connectivity index (χ0) is 12.1. The van der Waals surface area contributed by atoms with Crippen molar-refractivity contribution >= 4 is 12.1 Å². The zero-order valence-electron chi connectivity index (χ0n) is 9.48. The third-order valence-corrected chi connectivity index (χ3v) is 1.34. The molecule has 0 saturated carbocycles. The average molecular weight is 215 g/mol. The molecule has 0 fully saturated rings. The van der Waals surface area contributed by atoms with E-state index in [1.165, 1.54) is 11.0 Å². The molecule has 86 valence electrons. The Morgan fingerprint density at radius 2 is 1.93 bits per heavy atom. The van der Waals surface area contributed by atoms with Gasteiger partial charge in [0, 0.05) is 19.7 Å². The van der Waals surface area contributed by atoms with Crippen LogP contribution in [0.3, 0.4) is 0 Å². The Morgan fingerprint density at radius 1 is 1.40 bits per heavy atom. The van der Waals surface area contributed by atoms with Crippen LogP contribution >= 0.6 is 0 Å². The van der Waals surface area contributed by atoms with Gasteiger partial charge in [0.25, 0.3) is 0 Å². The Morgan fingerprint density at radius 3 is 2.33 bits per heavy atom. The molecule has 0 bridgehead atoms. The molecule has 5 heteroatoms. The largest absolute Gasteiger partial charge is 0.478 e. The van der Waals surface area contributed by atoms with Crippen LogP contribution in [-0.4, -0.2) is 41.3 Å². The van der Waals surface area contributed by atoms with E-state index >= 15 is 0 Å². The van der Waals surface area contributed by atoms with Crippen LogP contribution < -0.4 is 0 Å². The summed E-state index contributed by atoms with van der Waals surface area (Å²) in [6, 6.07) is 0. The van der Waals surface area contributed by atoms with Gasteiger partial charge in [-0.05, 0) is 20.8 Å². The molecule has 0 aromatic heterocycles. The molecular formula is C10H17NO4. The van der Waals surface area contributed by atoms with E-state index < -0.39 is 17.7 Å². The lowest BCUT2D eigenvalue weighted by Crippen LogP contribution is -2.34. The normalized spacial score (nSPS) is 11.5. The molecule has 0 aliphatic carbocycles. The highest BCUT2D eigenvalue weighted by atomic mass is 16.6. The van der Waals surface area contributed by atoms with Crippen LogP contribution in [0, 0.1) is 0 Å². The maximum atomic E-state index is 11.4. The molecule has 0 atom stereocenters. The topological polar surface area (TPSA) is 66.8 Å². The van der Waals surface area contributed by atoms with Gasteiger partial charge in [-0.3, -0.25) is 0 Å². The quantitative estimate of drug-likeness (QED) is 0.724. The lowest BCUT2D eigenvalue weighted by molar-refractivity contribution is -0.131. The number of carbonyl (C=O) groups excluding carboxylic acids is 1. The summed E-state index contributed by atoms with van der Waals surface area (Å²) >= 11 is 0. The van der Waals surface area contributed by atoms with Crippen molar-refractivity contribution < 1.29 is 19.4 Å². The van der Waals surface area contributed by atoms with Gasteiger partial charge in [-0.2, -0.15) is 0 Å². The molecule has 1 N–H and O–H groups in total. The summed E-state index contributed by atoms with van der Waals surface area (Å²) in [6.07, 6.45) is 1.89. The van der Waals surface area contributed by atoms with Crippen molar-refractivity contribution in [3.63, 3.8) is 0 Å². The van der Waals surface area contributed by atoms with E-state index in [1.54, 1.807) is 27.8 Å². The molecule has 0 radical (unpaired) electrons. The van der Waals surface area contributed by atoms with Gasteiger partial charge >= 0.3 is 12.1 Å². The van der Waals surface area contributed by atoms with Crippen molar-refractivity contribution in [1.82, 2.24) is 4.90 Å². The molecule has 0 rings (SSSR count). The van der Waals surface area contributed by atoms with Crippen LogP contribution in [0.4, 0.5) is 4.79 Å². The van der Waals surface area contributed by atoms with Crippen LogP contribution in [0.1, 0.15) is 20.8 Å². The lowest BCUT2D eigenvalue weighted by atomic mass is 10.2. The Kier molecular flexibility index (Phi) is 4.84. The monoisotopic (exact) mass is 215 g/mol. The average Bonchev–Trinajstić information content (AvgIpc) is 1.99. The van der Waals surface area contributed by atoms with E-state index in [0.717, 1.165) is 6.08 Å². The van der Waals surface area contributed by atoms with Crippen molar-refractivity contribution in [2.24, 2.45) is 0 Å². The maximum Gasteiger partial charge on any atom is 0.410 e. The number of ether oxygens (including phenoxy) is 1. The fraction of sp³-hybridized carbons (Fsp3) is 0.600. The smallest absolute Gasteiger partial charge is 0.410 e. The third-order valence-electron chi connectivity index (χ3n) is 1.34. The molecule has 0 aliphatic rings. The van der Waals surface area contributed by atoms with Crippen LogP contribution in [-0.2, 0) is 9.53 Å². The van der Waals surface area contributed by atoms with Gasteiger partial charge in [-0.25, -0.2) is 9.59 Å². The first-order chi connectivity index (χ1) is 6.72. The minimum atomic E-state index is -1.03. The molecule has 0 aromatic rings. The number of carboxylic acids is 1. The summed E-state index contributed by atoms with van der Waals surface area (Å²) in [4.78, 5) is 22.8. The number of nitrogens with zero attached hydrogens (tertiary/aromatic N) is 1. The highest BCUT2D eigenvalue weighted by Gasteiger charge is 2.18. The first kappa shape index (κ1) is 13.5. The van der Waals surface area contributed by atoms with Gasteiger partial charge in [0.1, 0.15) is 5.60 Å². The summed E-state index contributed by atoms with van der Waals surface area (Å²) < 4.78 is 5.06. The summed E-state index contributed by atoms with van der Waals surface area (Å²) in [5, 5.41) is 8.33. The van der Waals surface area contributed by atoms with E-state index in [2.05, 4.69) is 0 Å². The number of aliphatic carboxylic acids is 1. The number of carboxylic acid groups (broad SMARTS) is 1. The van der Waals surface area contributed by atoms with E-state index in [1.807, 2.05) is 0 Å². The lowest BCUT2D eigenvalue weighted by Gasteiger charge is -2.23. The van der Waals surface area contributed by atoms with Gasteiger partial charge in [0.15, 0.2) is 0 Å². The molecule has 0 saturated heterocycles. The first-order valence-electron chi connectivity index (χ1n) is 4.56. The molecule has 0 aliphatic heterocycles. The molecule has 0 unspecified atom stereocenters. The minimum absolute atomic E-state index is 0.210.